The summed E-state index contributed by atoms with van der Waals surface area (Å²) in [6.07, 6.45) is 5.77. The Bertz CT molecular complexity index is 1070. The fraction of sp³-hybridized carbons (Fsp3) is 0.400. The molecule has 2 aromatic carbocycles. The number of nitrogens with zero attached hydrogens (tertiary/aromatic N) is 3. The maximum Gasteiger partial charge on any atom is 0.246 e. The predicted octanol–water partition coefficient (Wildman–Crippen LogP) is 3.86. The summed E-state index contributed by atoms with van der Waals surface area (Å²) in [5, 5.41) is 2.84. The Kier molecular flexibility index (Phi) is 6.65. The number of unbranched alkanes of at least 4 members (excludes halogenated alkanes) is 2. The first-order chi connectivity index (χ1) is 15.1. The first kappa shape index (κ1) is 21.1. The van der Waals surface area contributed by atoms with Crippen molar-refractivity contribution in [3.05, 3.63) is 59.9 Å². The number of imidazole rings is 1. The number of para-hydroxylation sites is 3. The molecule has 0 aliphatic carbocycles. The van der Waals surface area contributed by atoms with Crippen LogP contribution in [0.5, 0.6) is 0 Å². The largest absolute Gasteiger partial charge is 0.356 e. The predicted molar refractivity (Wildman–Crippen MR) is 123 cm³/mol. The lowest BCUT2D eigenvalue weighted by molar-refractivity contribution is -0.119. The van der Waals surface area contributed by atoms with Gasteiger partial charge in [-0.1, -0.05) is 36.8 Å². The molecule has 0 radical (unpaired) electrons. The van der Waals surface area contributed by atoms with Gasteiger partial charge >= 0.3 is 0 Å². The van der Waals surface area contributed by atoms with E-state index in [1.165, 1.54) is 5.56 Å². The van der Waals surface area contributed by atoms with Crippen molar-refractivity contribution in [2.75, 3.05) is 18.0 Å². The molecule has 0 spiro atoms. The first-order valence-electron chi connectivity index (χ1n) is 11.2. The molecule has 162 valence electrons. The van der Waals surface area contributed by atoms with Gasteiger partial charge in [-0.15, -0.1) is 0 Å². The highest BCUT2D eigenvalue weighted by Gasteiger charge is 2.23. The van der Waals surface area contributed by atoms with E-state index in [1.807, 2.05) is 41.3 Å². The lowest BCUT2D eigenvalue weighted by Crippen LogP contribution is -2.38. The van der Waals surface area contributed by atoms with Gasteiger partial charge in [0.1, 0.15) is 12.4 Å². The minimum Gasteiger partial charge on any atom is -0.356 e. The van der Waals surface area contributed by atoms with Crippen molar-refractivity contribution in [2.24, 2.45) is 0 Å². The van der Waals surface area contributed by atoms with Crippen molar-refractivity contribution in [3.63, 3.8) is 0 Å². The molecule has 0 atom stereocenters. The Labute approximate surface area is 183 Å². The number of benzene rings is 2. The van der Waals surface area contributed by atoms with Crippen LogP contribution in [0, 0.1) is 0 Å². The molecule has 3 aromatic rings. The third kappa shape index (κ3) is 4.95. The Hall–Kier alpha value is -3.15. The molecule has 4 rings (SSSR count). The van der Waals surface area contributed by atoms with Gasteiger partial charge in [-0.25, -0.2) is 4.98 Å². The number of aromatic nitrogens is 2. The summed E-state index contributed by atoms with van der Waals surface area (Å²) in [5.41, 5.74) is 4.23. The standard InChI is InChI=1S/C25H30N4O2/c1-19(30)26-16-8-2-3-15-24-27-21-12-5-7-14-23(21)29(24)18-25(31)28-17-9-11-20-10-4-6-13-22(20)28/h4-7,10,12-14H,2-3,8-9,11,15-18H2,1H3,(H,26,30). The van der Waals surface area contributed by atoms with Gasteiger partial charge in [0.2, 0.25) is 11.8 Å². The van der Waals surface area contributed by atoms with Gasteiger partial charge in [0, 0.05) is 32.1 Å². The number of hydrogen-bond donors (Lipinski definition) is 1. The molecule has 6 heteroatoms. The SMILES string of the molecule is CC(=O)NCCCCCc1nc2ccccc2n1CC(=O)N1CCCc2ccccc21. The van der Waals surface area contributed by atoms with E-state index < -0.39 is 0 Å². The van der Waals surface area contributed by atoms with E-state index in [2.05, 4.69) is 22.0 Å². The van der Waals surface area contributed by atoms with Crippen LogP contribution < -0.4 is 10.2 Å². The molecule has 0 bridgehead atoms. The van der Waals surface area contributed by atoms with E-state index in [4.69, 9.17) is 4.98 Å². The van der Waals surface area contributed by atoms with E-state index in [0.717, 1.165) is 67.6 Å². The highest BCUT2D eigenvalue weighted by Crippen LogP contribution is 2.27. The van der Waals surface area contributed by atoms with E-state index >= 15 is 0 Å². The Balaban J connectivity index is 1.48. The second-order valence-corrected chi connectivity index (χ2v) is 8.17. The van der Waals surface area contributed by atoms with Crippen LogP contribution in [0.1, 0.15) is 44.0 Å². The number of hydrogen-bond acceptors (Lipinski definition) is 3. The zero-order valence-electron chi connectivity index (χ0n) is 18.1. The topological polar surface area (TPSA) is 67.2 Å². The number of amides is 2. The number of fused-ring (bicyclic) bond motifs is 2. The summed E-state index contributed by atoms with van der Waals surface area (Å²) < 4.78 is 2.09. The molecule has 2 amide bonds. The number of nitrogens with one attached hydrogen (secondary N) is 1. The molecule has 0 fully saturated rings. The van der Waals surface area contributed by atoms with Crippen LogP contribution in [0.2, 0.25) is 0 Å². The van der Waals surface area contributed by atoms with Gasteiger partial charge in [-0.05, 0) is 49.4 Å². The summed E-state index contributed by atoms with van der Waals surface area (Å²) in [6.45, 7) is 3.32. The number of carbonyl (C=O) groups is 2. The van der Waals surface area contributed by atoms with Crippen LogP contribution >= 0.6 is 0 Å². The quantitative estimate of drug-likeness (QED) is 0.565. The van der Waals surface area contributed by atoms with Crippen molar-refractivity contribution in [3.8, 4) is 0 Å². The Morgan fingerprint density at radius 3 is 2.71 bits per heavy atom. The van der Waals surface area contributed by atoms with Crippen molar-refractivity contribution < 1.29 is 9.59 Å². The van der Waals surface area contributed by atoms with Gasteiger partial charge in [0.25, 0.3) is 0 Å². The Morgan fingerprint density at radius 1 is 1.03 bits per heavy atom. The van der Waals surface area contributed by atoms with E-state index in [-0.39, 0.29) is 11.8 Å². The average molecular weight is 419 g/mol. The second-order valence-electron chi connectivity index (χ2n) is 8.17. The molecular formula is C25H30N4O2. The molecule has 0 saturated heterocycles. The third-order valence-electron chi connectivity index (χ3n) is 5.89. The fourth-order valence-electron chi connectivity index (χ4n) is 4.36. The number of carbonyl (C=O) groups excluding carboxylic acids is 2. The fourth-order valence-corrected chi connectivity index (χ4v) is 4.36. The first-order valence-corrected chi connectivity index (χ1v) is 11.2. The summed E-state index contributed by atoms with van der Waals surface area (Å²) in [7, 11) is 0. The molecule has 6 nitrogen and oxygen atoms in total. The molecule has 1 aromatic heterocycles. The summed E-state index contributed by atoms with van der Waals surface area (Å²) in [6, 6.07) is 16.2. The van der Waals surface area contributed by atoms with Gasteiger partial charge in [0.05, 0.1) is 11.0 Å². The molecule has 1 N–H and O–H groups in total. The van der Waals surface area contributed by atoms with Crippen LogP contribution in [0.4, 0.5) is 5.69 Å². The monoisotopic (exact) mass is 418 g/mol. The normalized spacial score (nSPS) is 13.3. The highest BCUT2D eigenvalue weighted by molar-refractivity contribution is 5.95. The van der Waals surface area contributed by atoms with Crippen LogP contribution in [0.15, 0.2) is 48.5 Å². The lowest BCUT2D eigenvalue weighted by atomic mass is 10.0. The van der Waals surface area contributed by atoms with Crippen molar-refractivity contribution in [1.29, 1.82) is 0 Å². The van der Waals surface area contributed by atoms with E-state index in [1.54, 1.807) is 6.92 Å². The van der Waals surface area contributed by atoms with Crippen LogP contribution in [-0.2, 0) is 29.0 Å². The molecule has 0 unspecified atom stereocenters. The van der Waals surface area contributed by atoms with Gasteiger partial charge in [0.15, 0.2) is 0 Å². The summed E-state index contributed by atoms with van der Waals surface area (Å²) in [4.78, 5) is 31.1. The molecule has 31 heavy (non-hydrogen) atoms. The molecule has 1 aliphatic heterocycles. The highest BCUT2D eigenvalue weighted by atomic mass is 16.2. The number of anilines is 1. The summed E-state index contributed by atoms with van der Waals surface area (Å²) >= 11 is 0. The van der Waals surface area contributed by atoms with Crippen molar-refractivity contribution in [1.82, 2.24) is 14.9 Å². The maximum atomic E-state index is 13.3. The van der Waals surface area contributed by atoms with Crippen LogP contribution in [-0.4, -0.2) is 34.5 Å². The lowest BCUT2D eigenvalue weighted by Gasteiger charge is -2.29. The Morgan fingerprint density at radius 2 is 1.84 bits per heavy atom. The molecule has 2 heterocycles. The molecule has 1 aliphatic rings. The van der Waals surface area contributed by atoms with Gasteiger partial charge < -0.3 is 14.8 Å². The minimum absolute atomic E-state index is 0.0135. The second kappa shape index (κ2) is 9.77. The van der Waals surface area contributed by atoms with Crippen molar-refractivity contribution in [2.45, 2.75) is 52.0 Å². The minimum atomic E-state index is 0.0135. The van der Waals surface area contributed by atoms with Crippen LogP contribution in [0.3, 0.4) is 0 Å². The van der Waals surface area contributed by atoms with E-state index in [9.17, 15) is 9.59 Å². The molecule has 0 saturated carbocycles. The zero-order chi connectivity index (χ0) is 21.6. The van der Waals surface area contributed by atoms with Gasteiger partial charge in [-0.2, -0.15) is 0 Å². The van der Waals surface area contributed by atoms with E-state index in [0.29, 0.717) is 13.1 Å². The van der Waals surface area contributed by atoms with Crippen LogP contribution in [0.25, 0.3) is 11.0 Å². The number of aryl methyl sites for hydroxylation is 2. The smallest absolute Gasteiger partial charge is 0.246 e. The maximum absolute atomic E-state index is 13.3. The number of rotatable bonds is 8. The summed E-state index contributed by atoms with van der Waals surface area (Å²) in [5.74, 6) is 1.08. The average Bonchev–Trinajstić information content (AvgIpc) is 3.12. The zero-order valence-corrected chi connectivity index (χ0v) is 18.1. The van der Waals surface area contributed by atoms with Gasteiger partial charge in [-0.3, -0.25) is 9.59 Å². The van der Waals surface area contributed by atoms with Crippen molar-refractivity contribution >= 4 is 28.5 Å². The third-order valence-corrected chi connectivity index (χ3v) is 5.89. The molecular weight excluding hydrogens is 388 g/mol.